The zero-order valence-corrected chi connectivity index (χ0v) is 10.4. The second-order valence-corrected chi connectivity index (χ2v) is 5.35. The highest BCUT2D eigenvalue weighted by molar-refractivity contribution is 7.89. The summed E-state index contributed by atoms with van der Waals surface area (Å²) in [7, 11) is -1.65. The monoisotopic (exact) mass is 242 g/mol. The molecule has 0 saturated carbocycles. The van der Waals surface area contributed by atoms with Gasteiger partial charge in [-0.3, -0.25) is 0 Å². The van der Waals surface area contributed by atoms with E-state index < -0.39 is 10.0 Å². The van der Waals surface area contributed by atoms with Crippen molar-refractivity contribution in [2.45, 2.75) is 30.7 Å². The maximum absolute atomic E-state index is 11.0. The van der Waals surface area contributed by atoms with Crippen molar-refractivity contribution in [3.05, 3.63) is 29.8 Å². The van der Waals surface area contributed by atoms with Crippen LogP contribution in [0.15, 0.2) is 29.2 Å². The normalized spacial score (nSPS) is 13.7. The van der Waals surface area contributed by atoms with Crippen LogP contribution in [0.2, 0.25) is 0 Å². The van der Waals surface area contributed by atoms with Crippen LogP contribution < -0.4 is 10.5 Å². The van der Waals surface area contributed by atoms with Gasteiger partial charge in [0.1, 0.15) is 0 Å². The standard InChI is InChI=1S/C11H18N2O2S/c1-3-10(13-2)8-9-4-6-11(7-5-9)16(12,14)15/h4-7,10,13H,3,8H2,1-2H3,(H2,12,14,15). The Kier molecular flexibility index (Phi) is 4.46. The Labute approximate surface area is 96.9 Å². The van der Waals surface area contributed by atoms with Crippen molar-refractivity contribution >= 4 is 10.0 Å². The number of likely N-dealkylation sites (N-methyl/N-ethyl adjacent to an activating group) is 1. The van der Waals surface area contributed by atoms with E-state index >= 15 is 0 Å². The summed E-state index contributed by atoms with van der Waals surface area (Å²) in [6, 6.07) is 7.12. The van der Waals surface area contributed by atoms with Crippen molar-refractivity contribution in [3.63, 3.8) is 0 Å². The molecule has 0 spiro atoms. The molecule has 0 radical (unpaired) electrons. The van der Waals surface area contributed by atoms with Gasteiger partial charge in [-0.15, -0.1) is 0 Å². The number of hydrogen-bond donors (Lipinski definition) is 2. The fourth-order valence-electron chi connectivity index (χ4n) is 1.55. The Morgan fingerprint density at radius 1 is 1.31 bits per heavy atom. The molecule has 0 bridgehead atoms. The minimum Gasteiger partial charge on any atom is -0.317 e. The Bertz CT molecular complexity index is 422. The third-order valence-electron chi connectivity index (χ3n) is 2.64. The van der Waals surface area contributed by atoms with E-state index in [1.165, 1.54) is 0 Å². The first kappa shape index (κ1) is 13.2. The SMILES string of the molecule is CCC(Cc1ccc(S(N)(=O)=O)cc1)NC. The molecule has 5 heteroatoms. The topological polar surface area (TPSA) is 72.2 Å². The van der Waals surface area contributed by atoms with Gasteiger partial charge in [0, 0.05) is 6.04 Å². The quantitative estimate of drug-likeness (QED) is 0.805. The molecule has 0 fully saturated rings. The Morgan fingerprint density at radius 2 is 1.88 bits per heavy atom. The summed E-state index contributed by atoms with van der Waals surface area (Å²) in [4.78, 5) is 0.161. The summed E-state index contributed by atoms with van der Waals surface area (Å²) in [5, 5.41) is 8.22. The largest absolute Gasteiger partial charge is 0.317 e. The van der Waals surface area contributed by atoms with Crippen molar-refractivity contribution in [1.29, 1.82) is 0 Å². The van der Waals surface area contributed by atoms with Gasteiger partial charge in [0.25, 0.3) is 0 Å². The Morgan fingerprint density at radius 3 is 2.25 bits per heavy atom. The lowest BCUT2D eigenvalue weighted by atomic mass is 10.0. The van der Waals surface area contributed by atoms with Crippen LogP contribution in [-0.4, -0.2) is 21.5 Å². The highest BCUT2D eigenvalue weighted by Crippen LogP contribution is 2.11. The lowest BCUT2D eigenvalue weighted by Gasteiger charge is -2.13. The lowest BCUT2D eigenvalue weighted by molar-refractivity contribution is 0.543. The number of nitrogens with one attached hydrogen (secondary N) is 1. The fourth-order valence-corrected chi connectivity index (χ4v) is 2.07. The molecule has 1 unspecified atom stereocenters. The first-order valence-corrected chi connectivity index (χ1v) is 6.81. The van der Waals surface area contributed by atoms with E-state index in [1.807, 2.05) is 7.05 Å². The summed E-state index contributed by atoms with van der Waals surface area (Å²) >= 11 is 0. The molecule has 1 aromatic carbocycles. The predicted octanol–water partition coefficient (Wildman–Crippen LogP) is 0.875. The highest BCUT2D eigenvalue weighted by atomic mass is 32.2. The number of primary sulfonamides is 1. The van der Waals surface area contributed by atoms with E-state index in [4.69, 9.17) is 5.14 Å². The average Bonchev–Trinajstić information content (AvgIpc) is 2.25. The molecule has 0 amide bonds. The molecule has 1 aromatic rings. The van der Waals surface area contributed by atoms with Gasteiger partial charge in [-0.1, -0.05) is 19.1 Å². The van der Waals surface area contributed by atoms with Gasteiger partial charge in [0.15, 0.2) is 0 Å². The molecule has 90 valence electrons. The summed E-state index contributed by atoms with van der Waals surface area (Å²) in [6.45, 7) is 2.11. The third kappa shape index (κ3) is 3.59. The maximum Gasteiger partial charge on any atom is 0.238 e. The van der Waals surface area contributed by atoms with Gasteiger partial charge in [-0.05, 0) is 37.6 Å². The van der Waals surface area contributed by atoms with Crippen LogP contribution in [0.1, 0.15) is 18.9 Å². The molecule has 3 N–H and O–H groups in total. The second-order valence-electron chi connectivity index (χ2n) is 3.79. The lowest BCUT2D eigenvalue weighted by Crippen LogP contribution is -2.26. The van der Waals surface area contributed by atoms with E-state index in [-0.39, 0.29) is 4.90 Å². The smallest absolute Gasteiger partial charge is 0.238 e. The maximum atomic E-state index is 11.0. The van der Waals surface area contributed by atoms with E-state index in [0.29, 0.717) is 6.04 Å². The van der Waals surface area contributed by atoms with Crippen molar-refractivity contribution in [3.8, 4) is 0 Å². The molecule has 0 aromatic heterocycles. The first-order chi connectivity index (χ1) is 7.47. The Hall–Kier alpha value is -0.910. The third-order valence-corrected chi connectivity index (χ3v) is 3.56. The zero-order valence-electron chi connectivity index (χ0n) is 9.60. The zero-order chi connectivity index (χ0) is 12.2. The minimum absolute atomic E-state index is 0.161. The van der Waals surface area contributed by atoms with E-state index in [2.05, 4.69) is 12.2 Å². The van der Waals surface area contributed by atoms with Crippen LogP contribution in [0.4, 0.5) is 0 Å². The summed E-state index contributed by atoms with van der Waals surface area (Å²) in [5.41, 5.74) is 1.11. The van der Waals surface area contributed by atoms with Gasteiger partial charge in [0.05, 0.1) is 4.90 Å². The molecule has 0 aliphatic rings. The molecule has 1 rings (SSSR count). The van der Waals surface area contributed by atoms with Crippen LogP contribution in [-0.2, 0) is 16.4 Å². The molecule has 1 atom stereocenters. The fraction of sp³-hybridized carbons (Fsp3) is 0.455. The number of rotatable bonds is 5. The van der Waals surface area contributed by atoms with Gasteiger partial charge in [-0.2, -0.15) is 0 Å². The highest BCUT2D eigenvalue weighted by Gasteiger charge is 2.08. The van der Waals surface area contributed by atoms with Gasteiger partial charge >= 0.3 is 0 Å². The molecule has 4 nitrogen and oxygen atoms in total. The molecule has 0 aliphatic carbocycles. The van der Waals surface area contributed by atoms with Gasteiger partial charge in [0.2, 0.25) is 10.0 Å². The number of nitrogens with two attached hydrogens (primary N) is 1. The summed E-state index contributed by atoms with van der Waals surface area (Å²) in [5.74, 6) is 0. The van der Waals surface area contributed by atoms with E-state index in [0.717, 1.165) is 18.4 Å². The molecule has 0 aliphatic heterocycles. The van der Waals surface area contributed by atoms with Crippen molar-refractivity contribution < 1.29 is 8.42 Å². The van der Waals surface area contributed by atoms with Crippen LogP contribution in [0.25, 0.3) is 0 Å². The second kappa shape index (κ2) is 5.43. The van der Waals surface area contributed by atoms with Crippen molar-refractivity contribution in [1.82, 2.24) is 5.32 Å². The van der Waals surface area contributed by atoms with Crippen LogP contribution in [0.3, 0.4) is 0 Å². The molecule has 0 saturated heterocycles. The van der Waals surface area contributed by atoms with Crippen molar-refractivity contribution in [2.75, 3.05) is 7.05 Å². The van der Waals surface area contributed by atoms with Crippen LogP contribution in [0.5, 0.6) is 0 Å². The number of hydrogen-bond acceptors (Lipinski definition) is 3. The summed E-state index contributed by atoms with van der Waals surface area (Å²) < 4.78 is 22.1. The minimum atomic E-state index is -3.57. The molecular formula is C11H18N2O2S. The average molecular weight is 242 g/mol. The van der Waals surface area contributed by atoms with E-state index in [1.54, 1.807) is 24.3 Å². The van der Waals surface area contributed by atoms with Crippen LogP contribution >= 0.6 is 0 Å². The van der Waals surface area contributed by atoms with Gasteiger partial charge in [-0.25, -0.2) is 13.6 Å². The summed E-state index contributed by atoms with van der Waals surface area (Å²) in [6.07, 6.45) is 1.92. The first-order valence-electron chi connectivity index (χ1n) is 5.26. The predicted molar refractivity (Wildman–Crippen MR) is 64.7 cm³/mol. The van der Waals surface area contributed by atoms with E-state index in [9.17, 15) is 8.42 Å². The van der Waals surface area contributed by atoms with Gasteiger partial charge < -0.3 is 5.32 Å². The molecule has 0 heterocycles. The number of benzene rings is 1. The Balaban J connectivity index is 2.80. The molecule has 16 heavy (non-hydrogen) atoms. The van der Waals surface area contributed by atoms with Crippen LogP contribution in [0, 0.1) is 0 Å². The number of sulfonamides is 1. The van der Waals surface area contributed by atoms with Crippen molar-refractivity contribution in [2.24, 2.45) is 5.14 Å². The molecular weight excluding hydrogens is 224 g/mol.